The smallest absolute Gasteiger partial charge is 0.191 e. The van der Waals surface area contributed by atoms with Crippen LogP contribution in [0.15, 0.2) is 47.6 Å². The lowest BCUT2D eigenvalue weighted by Crippen LogP contribution is -2.44. The van der Waals surface area contributed by atoms with Crippen molar-refractivity contribution in [3.8, 4) is 5.75 Å². The number of methoxy groups -OCH3 is 1. The number of halogens is 2. The summed E-state index contributed by atoms with van der Waals surface area (Å²) in [6, 6.07) is 11.9. The number of guanidine groups is 1. The van der Waals surface area contributed by atoms with E-state index in [2.05, 4.69) is 32.4 Å². The predicted octanol–water partition coefficient (Wildman–Crippen LogP) is 3.70. The summed E-state index contributed by atoms with van der Waals surface area (Å²) in [7, 11) is 1.69. The second-order valence-corrected chi connectivity index (χ2v) is 6.84. The first-order valence-electron chi connectivity index (χ1n) is 9.23. The minimum atomic E-state index is 0. The van der Waals surface area contributed by atoms with E-state index in [1.54, 1.807) is 13.3 Å². The van der Waals surface area contributed by atoms with Crippen LogP contribution in [0.25, 0.3) is 0 Å². The first kappa shape index (κ1) is 22.5. The molecule has 6 nitrogen and oxygen atoms in total. The van der Waals surface area contributed by atoms with E-state index in [0.29, 0.717) is 17.6 Å². The van der Waals surface area contributed by atoms with Gasteiger partial charge in [0.15, 0.2) is 5.96 Å². The van der Waals surface area contributed by atoms with Crippen LogP contribution in [0.5, 0.6) is 5.75 Å². The van der Waals surface area contributed by atoms with Crippen LogP contribution in [-0.4, -0.2) is 43.7 Å². The molecule has 2 aromatic rings. The molecule has 3 rings (SSSR count). The van der Waals surface area contributed by atoms with Crippen molar-refractivity contribution in [2.45, 2.75) is 25.9 Å². The monoisotopic (exact) mass is 515 g/mol. The van der Waals surface area contributed by atoms with Crippen LogP contribution < -0.4 is 20.3 Å². The summed E-state index contributed by atoms with van der Waals surface area (Å²) in [5.41, 5.74) is 1.98. The summed E-state index contributed by atoms with van der Waals surface area (Å²) in [5, 5.41) is 7.56. The van der Waals surface area contributed by atoms with Crippen LogP contribution in [0.1, 0.15) is 19.0 Å². The number of aromatic nitrogens is 1. The fraction of sp³-hybridized carbons (Fsp3) is 0.400. The fourth-order valence-corrected chi connectivity index (χ4v) is 3.34. The SMILES string of the molecule is CCNC(=NCc1ccccn1)NC1CCN(c2cc(Cl)ccc2OC)C1.I. The molecule has 0 spiro atoms. The molecule has 0 bridgehead atoms. The largest absolute Gasteiger partial charge is 0.495 e. The third-order valence-electron chi connectivity index (χ3n) is 4.48. The number of benzene rings is 1. The van der Waals surface area contributed by atoms with Gasteiger partial charge in [0.2, 0.25) is 0 Å². The standard InChI is InChI=1S/C20H26ClN5O.HI/c1-3-22-20(24-13-16-6-4-5-10-23-16)25-17-9-11-26(14-17)18-12-15(21)7-8-19(18)27-2;/h4-8,10,12,17H,3,9,11,13-14H2,1-2H3,(H2,22,24,25);1H. The topological polar surface area (TPSA) is 61.8 Å². The molecule has 1 unspecified atom stereocenters. The summed E-state index contributed by atoms with van der Waals surface area (Å²) < 4.78 is 5.49. The average molecular weight is 516 g/mol. The van der Waals surface area contributed by atoms with Crippen molar-refractivity contribution in [2.24, 2.45) is 4.99 Å². The highest BCUT2D eigenvalue weighted by molar-refractivity contribution is 14.0. The van der Waals surface area contributed by atoms with Gasteiger partial charge >= 0.3 is 0 Å². The van der Waals surface area contributed by atoms with Crippen molar-refractivity contribution in [3.63, 3.8) is 0 Å². The lowest BCUT2D eigenvalue weighted by molar-refractivity contribution is 0.415. The van der Waals surface area contributed by atoms with Crippen LogP contribution in [0.2, 0.25) is 5.02 Å². The highest BCUT2D eigenvalue weighted by Crippen LogP contribution is 2.33. The van der Waals surface area contributed by atoms with E-state index in [4.69, 9.17) is 16.3 Å². The predicted molar refractivity (Wildman–Crippen MR) is 126 cm³/mol. The molecule has 1 saturated heterocycles. The van der Waals surface area contributed by atoms with Crippen LogP contribution in [0.3, 0.4) is 0 Å². The lowest BCUT2D eigenvalue weighted by Gasteiger charge is -2.22. The maximum Gasteiger partial charge on any atom is 0.191 e. The number of pyridine rings is 1. The summed E-state index contributed by atoms with van der Waals surface area (Å²) >= 11 is 6.18. The molecular weight excluding hydrogens is 489 g/mol. The van der Waals surface area contributed by atoms with Gasteiger partial charge in [-0.15, -0.1) is 24.0 Å². The molecule has 0 radical (unpaired) electrons. The van der Waals surface area contributed by atoms with Crippen molar-refractivity contribution >= 4 is 47.2 Å². The quantitative estimate of drug-likeness (QED) is 0.349. The Kier molecular flexibility index (Phi) is 9.11. The molecule has 1 aliphatic rings. The fourth-order valence-electron chi connectivity index (χ4n) is 3.17. The van der Waals surface area contributed by atoms with E-state index in [1.165, 1.54) is 0 Å². The van der Waals surface area contributed by atoms with Gasteiger partial charge in [0.1, 0.15) is 5.75 Å². The Bertz CT molecular complexity index is 774. The Hall–Kier alpha value is -1.74. The number of nitrogens with zero attached hydrogens (tertiary/aromatic N) is 3. The Morgan fingerprint density at radius 3 is 2.93 bits per heavy atom. The van der Waals surface area contributed by atoms with E-state index in [1.807, 2.05) is 36.4 Å². The number of hydrogen-bond donors (Lipinski definition) is 2. The highest BCUT2D eigenvalue weighted by Gasteiger charge is 2.25. The van der Waals surface area contributed by atoms with E-state index in [0.717, 1.165) is 49.1 Å². The summed E-state index contributed by atoms with van der Waals surface area (Å²) in [4.78, 5) is 11.3. The van der Waals surface area contributed by atoms with Crippen LogP contribution >= 0.6 is 35.6 Å². The molecule has 2 N–H and O–H groups in total. The zero-order valence-electron chi connectivity index (χ0n) is 16.2. The molecule has 1 atom stereocenters. The van der Waals surface area contributed by atoms with Gasteiger partial charge in [-0.25, -0.2) is 4.99 Å². The number of ether oxygens (including phenoxy) is 1. The van der Waals surface area contributed by atoms with Crippen molar-refractivity contribution in [1.29, 1.82) is 0 Å². The number of rotatable bonds is 6. The van der Waals surface area contributed by atoms with Gasteiger partial charge in [0, 0.05) is 36.9 Å². The van der Waals surface area contributed by atoms with Gasteiger partial charge in [-0.3, -0.25) is 4.98 Å². The second kappa shape index (κ2) is 11.3. The van der Waals surface area contributed by atoms with Gasteiger partial charge in [-0.05, 0) is 43.7 Å². The van der Waals surface area contributed by atoms with Gasteiger partial charge in [-0.1, -0.05) is 17.7 Å². The van der Waals surface area contributed by atoms with Crippen molar-refractivity contribution in [3.05, 3.63) is 53.3 Å². The normalized spacial score (nSPS) is 16.5. The molecule has 28 heavy (non-hydrogen) atoms. The number of aliphatic imine (C=N–C) groups is 1. The van der Waals surface area contributed by atoms with Crippen molar-refractivity contribution < 1.29 is 4.74 Å². The number of hydrogen-bond acceptors (Lipinski definition) is 4. The molecular formula is C20H27ClIN5O. The Morgan fingerprint density at radius 1 is 1.36 bits per heavy atom. The van der Waals surface area contributed by atoms with Crippen LogP contribution in [-0.2, 0) is 6.54 Å². The molecule has 1 aromatic carbocycles. The van der Waals surface area contributed by atoms with E-state index < -0.39 is 0 Å². The van der Waals surface area contributed by atoms with Crippen molar-refractivity contribution in [2.75, 3.05) is 31.6 Å². The molecule has 0 saturated carbocycles. The zero-order valence-corrected chi connectivity index (χ0v) is 19.3. The van der Waals surface area contributed by atoms with Gasteiger partial charge in [0.05, 0.1) is 25.0 Å². The molecule has 1 aromatic heterocycles. The summed E-state index contributed by atoms with van der Waals surface area (Å²) in [5.74, 6) is 1.66. The van der Waals surface area contributed by atoms with Crippen molar-refractivity contribution in [1.82, 2.24) is 15.6 Å². The maximum absolute atomic E-state index is 6.18. The third kappa shape index (κ3) is 6.13. The van der Waals surface area contributed by atoms with E-state index >= 15 is 0 Å². The maximum atomic E-state index is 6.18. The Balaban J connectivity index is 0.00000280. The molecule has 2 heterocycles. The highest BCUT2D eigenvalue weighted by atomic mass is 127. The second-order valence-electron chi connectivity index (χ2n) is 6.41. The Labute approximate surface area is 188 Å². The summed E-state index contributed by atoms with van der Waals surface area (Å²) in [6.45, 7) is 5.23. The van der Waals surface area contributed by atoms with Gasteiger partial charge in [0.25, 0.3) is 0 Å². The lowest BCUT2D eigenvalue weighted by atomic mass is 10.2. The first-order valence-corrected chi connectivity index (χ1v) is 9.60. The molecule has 0 amide bonds. The van der Waals surface area contributed by atoms with Crippen LogP contribution in [0, 0.1) is 0 Å². The van der Waals surface area contributed by atoms with Gasteiger partial charge < -0.3 is 20.3 Å². The molecule has 1 aliphatic heterocycles. The first-order chi connectivity index (χ1) is 13.2. The average Bonchev–Trinajstić information content (AvgIpc) is 3.15. The number of anilines is 1. The third-order valence-corrected chi connectivity index (χ3v) is 4.72. The molecule has 0 aliphatic carbocycles. The Morgan fingerprint density at radius 2 is 2.21 bits per heavy atom. The molecule has 152 valence electrons. The molecule has 8 heteroatoms. The van der Waals surface area contributed by atoms with Gasteiger partial charge in [-0.2, -0.15) is 0 Å². The zero-order chi connectivity index (χ0) is 19.1. The number of nitrogens with one attached hydrogen (secondary N) is 2. The minimum absolute atomic E-state index is 0. The van der Waals surface area contributed by atoms with E-state index in [9.17, 15) is 0 Å². The molecule has 1 fully saturated rings. The van der Waals surface area contributed by atoms with Crippen LogP contribution in [0.4, 0.5) is 5.69 Å². The van der Waals surface area contributed by atoms with E-state index in [-0.39, 0.29) is 24.0 Å². The summed E-state index contributed by atoms with van der Waals surface area (Å²) in [6.07, 6.45) is 2.81. The minimum Gasteiger partial charge on any atom is -0.495 e.